The van der Waals surface area contributed by atoms with Gasteiger partial charge in [-0.15, -0.1) is 0 Å². The molecule has 0 unspecified atom stereocenters. The van der Waals surface area contributed by atoms with E-state index in [1.54, 1.807) is 47.4 Å². The Balaban J connectivity index is 1.46. The second-order valence-corrected chi connectivity index (χ2v) is 10.5. The summed E-state index contributed by atoms with van der Waals surface area (Å²) in [5.74, 6) is 0.225. The van der Waals surface area contributed by atoms with Gasteiger partial charge in [0.1, 0.15) is 28.9 Å². The number of sulfonamides is 1. The molecule has 4 aromatic carbocycles. The summed E-state index contributed by atoms with van der Waals surface area (Å²) >= 11 is 0. The summed E-state index contributed by atoms with van der Waals surface area (Å²) in [4.78, 5) is 4.43. The Labute approximate surface area is 240 Å². The summed E-state index contributed by atoms with van der Waals surface area (Å²) in [5, 5.41) is 34.9. The number of pyridine rings is 1. The predicted molar refractivity (Wildman–Crippen MR) is 156 cm³/mol. The maximum atomic E-state index is 13.4. The van der Waals surface area contributed by atoms with Crippen LogP contribution in [0.3, 0.4) is 0 Å². The first-order valence-electron chi connectivity index (χ1n) is 12.3. The molecule has 1 aromatic heterocycles. The van der Waals surface area contributed by atoms with E-state index >= 15 is 0 Å². The topological polar surface area (TPSA) is 190 Å². The lowest BCUT2D eigenvalue weighted by atomic mass is 10.1. The lowest BCUT2D eigenvalue weighted by molar-refractivity contribution is 0.234. The minimum atomic E-state index is -4.05. The number of amidine groups is 2. The molecule has 212 valence electrons. The van der Waals surface area contributed by atoms with E-state index in [-0.39, 0.29) is 39.8 Å². The van der Waals surface area contributed by atoms with E-state index in [9.17, 15) is 8.42 Å². The zero-order valence-corrected chi connectivity index (χ0v) is 22.5. The number of aromatic nitrogens is 1. The van der Waals surface area contributed by atoms with Gasteiger partial charge in [0, 0.05) is 17.2 Å². The van der Waals surface area contributed by atoms with Crippen LogP contribution < -0.4 is 25.2 Å². The minimum Gasteiger partial charge on any atom is -0.439 e. The van der Waals surface area contributed by atoms with Gasteiger partial charge in [0.15, 0.2) is 0 Å². The van der Waals surface area contributed by atoms with Crippen LogP contribution in [0.4, 0.5) is 5.69 Å². The largest absolute Gasteiger partial charge is 0.439 e. The van der Waals surface area contributed by atoms with Gasteiger partial charge in [-0.05, 0) is 77.5 Å². The molecule has 0 bridgehead atoms. The number of nitrogens with zero attached hydrogens (tertiary/aromatic N) is 1. The lowest BCUT2D eigenvalue weighted by Gasteiger charge is -2.15. The molecular weight excluding hydrogens is 560 g/mol. The van der Waals surface area contributed by atoms with Crippen LogP contribution in [0.25, 0.3) is 10.8 Å². The number of fused-ring (bicyclic) bond motifs is 1. The first-order valence-corrected chi connectivity index (χ1v) is 13.8. The van der Waals surface area contributed by atoms with Crippen LogP contribution in [0, 0.1) is 10.8 Å². The third-order valence-electron chi connectivity index (χ3n) is 6.06. The monoisotopic (exact) mass is 584 g/mol. The van der Waals surface area contributed by atoms with E-state index in [2.05, 4.69) is 9.71 Å². The van der Waals surface area contributed by atoms with Crippen molar-refractivity contribution in [2.45, 2.75) is 4.90 Å². The molecule has 0 spiro atoms. The highest BCUT2D eigenvalue weighted by atomic mass is 32.2. The second kappa shape index (κ2) is 11.9. The Kier molecular flexibility index (Phi) is 7.97. The molecule has 5 aromatic rings. The molecule has 7 N–H and O–H groups in total. The van der Waals surface area contributed by atoms with Gasteiger partial charge in [-0.1, -0.05) is 30.3 Å². The van der Waals surface area contributed by atoms with E-state index < -0.39 is 10.0 Å². The number of hydrogen-bond donors (Lipinski definition) is 7. The highest BCUT2D eigenvalue weighted by Crippen LogP contribution is 2.33. The van der Waals surface area contributed by atoms with Crippen LogP contribution in [-0.2, 0) is 10.0 Å². The Morgan fingerprint density at radius 3 is 1.86 bits per heavy atom. The molecule has 42 heavy (non-hydrogen) atoms. The van der Waals surface area contributed by atoms with E-state index in [0.29, 0.717) is 16.9 Å². The van der Waals surface area contributed by atoms with Gasteiger partial charge in [0.25, 0.3) is 10.0 Å². The fourth-order valence-corrected chi connectivity index (χ4v) is 5.01. The number of benzene rings is 4. The number of hydrogen-bond acceptors (Lipinski definition) is 9. The summed E-state index contributed by atoms with van der Waals surface area (Å²) in [7, 11) is -4.05. The van der Waals surface area contributed by atoms with Crippen molar-refractivity contribution in [3.05, 3.63) is 114 Å². The van der Waals surface area contributed by atoms with Crippen molar-refractivity contribution in [1.29, 1.82) is 10.8 Å². The van der Waals surface area contributed by atoms with Crippen LogP contribution in [0.5, 0.6) is 23.3 Å². The van der Waals surface area contributed by atoms with Crippen molar-refractivity contribution in [2.24, 2.45) is 0 Å². The lowest BCUT2D eigenvalue weighted by Crippen LogP contribution is -2.18. The molecule has 1 heterocycles. The number of anilines is 1. The van der Waals surface area contributed by atoms with Crippen molar-refractivity contribution >= 4 is 38.2 Å². The van der Waals surface area contributed by atoms with Crippen LogP contribution in [-0.4, -0.2) is 35.5 Å². The van der Waals surface area contributed by atoms with Gasteiger partial charge in [-0.2, -0.15) is 4.98 Å². The van der Waals surface area contributed by atoms with Crippen molar-refractivity contribution in [3.8, 4) is 23.3 Å². The summed E-state index contributed by atoms with van der Waals surface area (Å²) < 4.78 is 41.0. The van der Waals surface area contributed by atoms with E-state index in [0.717, 1.165) is 10.8 Å². The number of rotatable bonds is 9. The van der Waals surface area contributed by atoms with Gasteiger partial charge < -0.3 is 9.47 Å². The van der Waals surface area contributed by atoms with Gasteiger partial charge >= 0.3 is 0 Å². The first-order chi connectivity index (χ1) is 20.3. The predicted octanol–water partition coefficient (Wildman–Crippen LogP) is 5.23. The molecule has 13 heteroatoms. The molecule has 0 saturated heterocycles. The third-order valence-corrected chi connectivity index (χ3v) is 7.42. The summed E-state index contributed by atoms with van der Waals surface area (Å²) in [6, 6.07) is 27.5. The highest BCUT2D eigenvalue weighted by molar-refractivity contribution is 7.92. The molecule has 0 fully saturated rings. The summed E-state index contributed by atoms with van der Waals surface area (Å²) in [6.07, 6.45) is 0. The van der Waals surface area contributed by atoms with Gasteiger partial charge in [-0.25, -0.2) is 8.42 Å². The number of ether oxygens (including phenoxy) is 2. The Morgan fingerprint density at radius 1 is 0.690 bits per heavy atom. The average Bonchev–Trinajstić information content (AvgIpc) is 3.02. The van der Waals surface area contributed by atoms with Gasteiger partial charge in [0.2, 0.25) is 11.8 Å². The number of nitrogens with one attached hydrogen (secondary N) is 5. The molecule has 0 aliphatic rings. The van der Waals surface area contributed by atoms with Gasteiger partial charge in [-0.3, -0.25) is 36.9 Å². The molecule has 0 saturated carbocycles. The third kappa shape index (κ3) is 6.28. The molecule has 0 amide bonds. The molecule has 5 rings (SSSR count). The van der Waals surface area contributed by atoms with E-state index in [4.69, 9.17) is 30.7 Å². The van der Waals surface area contributed by atoms with Crippen LogP contribution >= 0.6 is 0 Å². The van der Waals surface area contributed by atoms with Crippen molar-refractivity contribution in [3.63, 3.8) is 0 Å². The summed E-state index contributed by atoms with van der Waals surface area (Å²) in [5.41, 5.74) is 4.39. The molecule has 0 atom stereocenters. The quantitative estimate of drug-likeness (QED) is 0.0691. The molecule has 0 radical (unpaired) electrons. The normalized spacial score (nSPS) is 11.0. The highest BCUT2D eigenvalue weighted by Gasteiger charge is 2.20. The Morgan fingerprint density at radius 2 is 1.26 bits per heavy atom. The van der Waals surface area contributed by atoms with Crippen molar-refractivity contribution in [2.75, 3.05) is 4.72 Å². The maximum Gasteiger partial charge on any atom is 0.262 e. The fourth-order valence-electron chi connectivity index (χ4n) is 3.91. The Hall–Kier alpha value is -5.50. The smallest absolute Gasteiger partial charge is 0.262 e. The average molecular weight is 585 g/mol. The zero-order chi connectivity index (χ0) is 29.7. The van der Waals surface area contributed by atoms with Crippen LogP contribution in [0.2, 0.25) is 0 Å². The van der Waals surface area contributed by atoms with Crippen LogP contribution in [0.1, 0.15) is 11.1 Å². The minimum absolute atomic E-state index is 0.0437. The SMILES string of the molecule is N=C(NO)c1ccc(Oc2ccc(NS(=O)(=O)c3ccc4ccccc4c3)c(Oc3ccc(C(=N)NO)cc3)n2)cc1. The number of hydroxylamine groups is 2. The zero-order valence-electron chi connectivity index (χ0n) is 21.7. The summed E-state index contributed by atoms with van der Waals surface area (Å²) in [6.45, 7) is 0. The maximum absolute atomic E-state index is 13.4. The first kappa shape index (κ1) is 28.0. The van der Waals surface area contributed by atoms with E-state index in [1.807, 2.05) is 24.3 Å². The second-order valence-electron chi connectivity index (χ2n) is 8.84. The van der Waals surface area contributed by atoms with E-state index in [1.165, 1.54) is 42.5 Å². The molecule has 12 nitrogen and oxygen atoms in total. The van der Waals surface area contributed by atoms with Crippen LogP contribution in [0.15, 0.2) is 108 Å². The Bertz CT molecular complexity index is 1880. The fraction of sp³-hybridized carbons (Fsp3) is 0. The van der Waals surface area contributed by atoms with Crippen molar-refractivity contribution in [1.82, 2.24) is 15.9 Å². The van der Waals surface area contributed by atoms with Crippen molar-refractivity contribution < 1.29 is 28.3 Å². The molecule has 0 aliphatic carbocycles. The molecular formula is C29H24N6O6S. The standard InChI is InChI=1S/C29H24N6O6S/c30-27(33-36)19-5-10-22(11-6-19)40-26-16-15-25(29(32-26)41-23-12-7-20(8-13-23)28(31)34-37)35-42(38,39)24-14-9-18-3-1-2-4-21(18)17-24/h1-17,35-37H,(H2,30,33)(H2,31,34). The molecule has 0 aliphatic heterocycles. The van der Waals surface area contributed by atoms with Gasteiger partial charge in [0.05, 0.1) is 4.90 Å².